The van der Waals surface area contributed by atoms with Crippen molar-refractivity contribution >= 4 is 34.5 Å². The maximum atomic E-state index is 13.1. The molecule has 0 amide bonds. The Balaban J connectivity index is 2.19. The first kappa shape index (κ1) is 14.8. The van der Waals surface area contributed by atoms with Gasteiger partial charge in [-0.15, -0.1) is 0 Å². The van der Waals surface area contributed by atoms with Crippen LogP contribution in [0.15, 0.2) is 42.5 Å². The van der Waals surface area contributed by atoms with Gasteiger partial charge in [-0.05, 0) is 29.8 Å². The smallest absolute Gasteiger partial charge is 0.141 e. The standard InChI is InChI=1S/C15H14ClFN2S/c1-19(9-10-5-6-14(17)13(16)7-10)12-4-2-3-11(8-12)15(18)20/h2-8H,9H2,1H3,(H2,18,20). The zero-order valence-corrected chi connectivity index (χ0v) is 12.5. The van der Waals surface area contributed by atoms with Crippen LogP contribution in [0.3, 0.4) is 0 Å². The van der Waals surface area contributed by atoms with Crippen molar-refractivity contribution in [3.63, 3.8) is 0 Å². The number of anilines is 1. The van der Waals surface area contributed by atoms with Crippen molar-refractivity contribution in [3.8, 4) is 0 Å². The van der Waals surface area contributed by atoms with Gasteiger partial charge in [0.1, 0.15) is 10.8 Å². The fourth-order valence-corrected chi connectivity index (χ4v) is 2.23. The van der Waals surface area contributed by atoms with Gasteiger partial charge in [0, 0.05) is 24.8 Å². The van der Waals surface area contributed by atoms with Crippen molar-refractivity contribution in [1.82, 2.24) is 0 Å². The SMILES string of the molecule is CN(Cc1ccc(F)c(Cl)c1)c1cccc(C(N)=S)c1. The minimum absolute atomic E-state index is 0.132. The van der Waals surface area contributed by atoms with Crippen LogP contribution >= 0.6 is 23.8 Å². The Hall–Kier alpha value is -1.65. The number of nitrogens with two attached hydrogens (primary N) is 1. The van der Waals surface area contributed by atoms with E-state index in [9.17, 15) is 4.39 Å². The van der Waals surface area contributed by atoms with E-state index < -0.39 is 5.82 Å². The number of halogens is 2. The van der Waals surface area contributed by atoms with Crippen molar-refractivity contribution in [3.05, 3.63) is 64.4 Å². The van der Waals surface area contributed by atoms with Crippen LogP contribution in [0.4, 0.5) is 10.1 Å². The lowest BCUT2D eigenvalue weighted by molar-refractivity contribution is 0.627. The first-order valence-corrected chi connectivity index (χ1v) is 6.81. The minimum Gasteiger partial charge on any atom is -0.389 e. The molecule has 0 saturated heterocycles. The van der Waals surface area contributed by atoms with Gasteiger partial charge in [0.05, 0.1) is 5.02 Å². The predicted octanol–water partition coefficient (Wildman–Crippen LogP) is 3.75. The third-order valence-electron chi connectivity index (χ3n) is 2.98. The first-order chi connectivity index (χ1) is 9.47. The average Bonchev–Trinajstić information content (AvgIpc) is 2.43. The Bertz CT molecular complexity index is 646. The van der Waals surface area contributed by atoms with Crippen LogP contribution in [-0.2, 0) is 6.54 Å². The maximum Gasteiger partial charge on any atom is 0.141 e. The largest absolute Gasteiger partial charge is 0.389 e. The molecule has 20 heavy (non-hydrogen) atoms. The van der Waals surface area contributed by atoms with Gasteiger partial charge in [0.15, 0.2) is 0 Å². The predicted molar refractivity (Wildman–Crippen MR) is 85.8 cm³/mol. The molecule has 0 aliphatic rings. The molecule has 0 aliphatic carbocycles. The summed E-state index contributed by atoms with van der Waals surface area (Å²) in [6.07, 6.45) is 0. The molecule has 5 heteroatoms. The highest BCUT2D eigenvalue weighted by Crippen LogP contribution is 2.20. The van der Waals surface area contributed by atoms with Crippen molar-refractivity contribution < 1.29 is 4.39 Å². The average molecular weight is 309 g/mol. The highest BCUT2D eigenvalue weighted by Gasteiger charge is 2.06. The zero-order chi connectivity index (χ0) is 14.7. The Morgan fingerprint density at radius 1 is 1.30 bits per heavy atom. The summed E-state index contributed by atoms with van der Waals surface area (Å²) >= 11 is 10.8. The molecule has 2 rings (SSSR count). The number of nitrogens with zero attached hydrogens (tertiary/aromatic N) is 1. The Morgan fingerprint density at radius 3 is 2.70 bits per heavy atom. The molecule has 0 aliphatic heterocycles. The van der Waals surface area contributed by atoms with E-state index in [4.69, 9.17) is 29.6 Å². The molecule has 0 radical (unpaired) electrons. The van der Waals surface area contributed by atoms with Gasteiger partial charge < -0.3 is 10.6 Å². The van der Waals surface area contributed by atoms with E-state index in [1.807, 2.05) is 36.2 Å². The summed E-state index contributed by atoms with van der Waals surface area (Å²) in [7, 11) is 1.94. The summed E-state index contributed by atoms with van der Waals surface area (Å²) in [6, 6.07) is 12.4. The van der Waals surface area contributed by atoms with E-state index in [1.54, 1.807) is 12.1 Å². The Kier molecular flexibility index (Phi) is 4.57. The van der Waals surface area contributed by atoms with E-state index in [0.29, 0.717) is 11.5 Å². The molecular weight excluding hydrogens is 295 g/mol. The van der Waals surface area contributed by atoms with E-state index in [0.717, 1.165) is 16.8 Å². The van der Waals surface area contributed by atoms with Crippen molar-refractivity contribution in [1.29, 1.82) is 0 Å². The zero-order valence-electron chi connectivity index (χ0n) is 10.9. The summed E-state index contributed by atoms with van der Waals surface area (Å²) in [5.41, 5.74) is 8.36. The molecule has 2 aromatic rings. The third-order valence-corrected chi connectivity index (χ3v) is 3.50. The van der Waals surface area contributed by atoms with Crippen LogP contribution in [0.2, 0.25) is 5.02 Å². The summed E-state index contributed by atoms with van der Waals surface area (Å²) in [5.74, 6) is -0.409. The van der Waals surface area contributed by atoms with Gasteiger partial charge in [-0.25, -0.2) is 4.39 Å². The van der Waals surface area contributed by atoms with Crippen molar-refractivity contribution in [2.24, 2.45) is 5.73 Å². The number of hydrogen-bond acceptors (Lipinski definition) is 2. The molecular formula is C15H14ClFN2S. The highest BCUT2D eigenvalue weighted by atomic mass is 35.5. The van der Waals surface area contributed by atoms with Crippen LogP contribution in [0.5, 0.6) is 0 Å². The first-order valence-electron chi connectivity index (χ1n) is 6.02. The summed E-state index contributed by atoms with van der Waals surface area (Å²) in [6.45, 7) is 0.612. The molecule has 2 N–H and O–H groups in total. The van der Waals surface area contributed by atoms with Crippen LogP contribution in [0, 0.1) is 5.82 Å². The molecule has 0 heterocycles. The number of hydrogen-bond donors (Lipinski definition) is 1. The normalized spacial score (nSPS) is 10.3. The van der Waals surface area contributed by atoms with E-state index >= 15 is 0 Å². The minimum atomic E-state index is -0.409. The summed E-state index contributed by atoms with van der Waals surface area (Å²) in [4.78, 5) is 2.38. The van der Waals surface area contributed by atoms with Crippen molar-refractivity contribution in [2.45, 2.75) is 6.54 Å². The third kappa shape index (κ3) is 3.46. The number of rotatable bonds is 4. The van der Waals surface area contributed by atoms with Gasteiger partial charge in [0.25, 0.3) is 0 Å². The van der Waals surface area contributed by atoms with Gasteiger partial charge in [-0.3, -0.25) is 0 Å². The van der Waals surface area contributed by atoms with Crippen LogP contribution < -0.4 is 10.6 Å². The second kappa shape index (κ2) is 6.20. The van der Waals surface area contributed by atoms with Crippen LogP contribution in [0.25, 0.3) is 0 Å². The van der Waals surface area contributed by atoms with E-state index in [1.165, 1.54) is 6.07 Å². The molecule has 0 fully saturated rings. The molecule has 0 atom stereocenters. The van der Waals surface area contributed by atoms with Crippen molar-refractivity contribution in [2.75, 3.05) is 11.9 Å². The van der Waals surface area contributed by atoms with Gasteiger partial charge in [-0.1, -0.05) is 42.0 Å². The lowest BCUT2D eigenvalue weighted by Gasteiger charge is -2.20. The quantitative estimate of drug-likeness (QED) is 0.872. The molecule has 2 aromatic carbocycles. The Morgan fingerprint density at radius 2 is 2.05 bits per heavy atom. The second-order valence-corrected chi connectivity index (χ2v) is 5.37. The maximum absolute atomic E-state index is 13.1. The van der Waals surface area contributed by atoms with E-state index in [-0.39, 0.29) is 5.02 Å². The lowest BCUT2D eigenvalue weighted by atomic mass is 10.1. The molecule has 0 unspecified atom stereocenters. The molecule has 2 nitrogen and oxygen atoms in total. The number of thiocarbonyl (C=S) groups is 1. The van der Waals surface area contributed by atoms with Crippen LogP contribution in [0.1, 0.15) is 11.1 Å². The fourth-order valence-electron chi connectivity index (χ4n) is 1.90. The van der Waals surface area contributed by atoms with Gasteiger partial charge >= 0.3 is 0 Å². The lowest BCUT2D eigenvalue weighted by Crippen LogP contribution is -2.17. The fraction of sp³-hybridized carbons (Fsp3) is 0.133. The molecule has 0 aromatic heterocycles. The van der Waals surface area contributed by atoms with Gasteiger partial charge in [-0.2, -0.15) is 0 Å². The number of benzene rings is 2. The second-order valence-electron chi connectivity index (χ2n) is 4.52. The molecule has 0 bridgehead atoms. The molecule has 104 valence electrons. The molecule has 0 spiro atoms. The highest BCUT2D eigenvalue weighted by molar-refractivity contribution is 7.80. The van der Waals surface area contributed by atoms with Crippen LogP contribution in [-0.4, -0.2) is 12.0 Å². The summed E-state index contributed by atoms with van der Waals surface area (Å²) in [5, 5.41) is 0.132. The van der Waals surface area contributed by atoms with Gasteiger partial charge in [0.2, 0.25) is 0 Å². The molecule has 0 saturated carbocycles. The summed E-state index contributed by atoms with van der Waals surface area (Å²) < 4.78 is 13.1. The topological polar surface area (TPSA) is 29.3 Å². The monoisotopic (exact) mass is 308 g/mol. The Labute approximate surface area is 128 Å². The van der Waals surface area contributed by atoms with E-state index in [2.05, 4.69) is 0 Å².